The fourth-order valence-corrected chi connectivity index (χ4v) is 1.14. The number of nitrogens with one attached hydrogen (secondary N) is 1. The van der Waals surface area contributed by atoms with Crippen LogP contribution in [0.2, 0.25) is 0 Å². The molecule has 0 radical (unpaired) electrons. The van der Waals surface area contributed by atoms with Crippen LogP contribution in [-0.2, 0) is 9.53 Å². The Bertz CT molecular complexity index is 404. The number of rotatable bonds is 3. The number of ether oxygens (including phenoxy) is 1. The Morgan fingerprint density at radius 3 is 2.69 bits per heavy atom. The van der Waals surface area contributed by atoms with E-state index in [1.807, 2.05) is 0 Å². The monoisotopic (exact) mass is 241 g/mol. The van der Waals surface area contributed by atoms with Crippen LogP contribution < -0.4 is 5.32 Å². The van der Waals surface area contributed by atoms with Crippen LogP contribution in [0.15, 0.2) is 24.3 Å². The molecule has 0 fully saturated rings. The summed E-state index contributed by atoms with van der Waals surface area (Å²) in [7, 11) is 1.30. The molecular weight excluding hydrogens is 230 g/mol. The predicted octanol–water partition coefficient (Wildman–Crippen LogP) is 2.04. The maximum atomic E-state index is 11.3. The van der Waals surface area contributed by atoms with Gasteiger partial charge in [-0.2, -0.15) is 0 Å². The third kappa shape index (κ3) is 3.24. The number of anilines is 1. The average molecular weight is 242 g/mol. The molecule has 0 aromatic heterocycles. The van der Waals surface area contributed by atoms with Gasteiger partial charge < -0.3 is 10.1 Å². The fraction of sp³-hybridized carbons (Fsp3) is 0.273. The zero-order chi connectivity index (χ0) is 12.1. The zero-order valence-corrected chi connectivity index (χ0v) is 9.75. The van der Waals surface area contributed by atoms with Gasteiger partial charge in [0.15, 0.2) is 0 Å². The van der Waals surface area contributed by atoms with E-state index < -0.39 is 11.3 Å². The van der Waals surface area contributed by atoms with Gasteiger partial charge in [-0.15, -0.1) is 11.6 Å². The molecule has 5 heteroatoms. The number of carbonyl (C=O) groups excluding carboxylic acids is 2. The Morgan fingerprint density at radius 2 is 2.12 bits per heavy atom. The van der Waals surface area contributed by atoms with Gasteiger partial charge in [0.25, 0.3) is 0 Å². The molecule has 0 spiro atoms. The van der Waals surface area contributed by atoms with Crippen molar-refractivity contribution in [3.63, 3.8) is 0 Å². The normalized spacial score (nSPS) is 11.7. The van der Waals surface area contributed by atoms with Crippen molar-refractivity contribution < 1.29 is 14.3 Å². The summed E-state index contributed by atoms with van der Waals surface area (Å²) in [6, 6.07) is 6.46. The topological polar surface area (TPSA) is 55.4 Å². The lowest BCUT2D eigenvalue weighted by molar-refractivity contribution is -0.115. The number of halogens is 1. The van der Waals surface area contributed by atoms with Crippen LogP contribution in [0, 0.1) is 0 Å². The molecule has 0 aliphatic rings. The van der Waals surface area contributed by atoms with Crippen LogP contribution in [0.3, 0.4) is 0 Å². The van der Waals surface area contributed by atoms with Crippen molar-refractivity contribution in [2.75, 3.05) is 12.4 Å². The zero-order valence-electron chi connectivity index (χ0n) is 8.99. The van der Waals surface area contributed by atoms with E-state index in [0.29, 0.717) is 11.3 Å². The van der Waals surface area contributed by atoms with Crippen LogP contribution in [0.5, 0.6) is 0 Å². The molecule has 0 saturated carbocycles. The Morgan fingerprint density at radius 1 is 1.44 bits per heavy atom. The maximum Gasteiger partial charge on any atom is 0.337 e. The molecule has 1 amide bonds. The van der Waals surface area contributed by atoms with Crippen molar-refractivity contribution >= 4 is 29.2 Å². The number of esters is 1. The second-order valence-electron chi connectivity index (χ2n) is 3.18. The molecule has 0 bridgehead atoms. The molecule has 0 aliphatic carbocycles. The minimum absolute atomic E-state index is 0.316. The van der Waals surface area contributed by atoms with Gasteiger partial charge in [0.05, 0.1) is 12.7 Å². The Kier molecular flexibility index (Phi) is 4.31. The smallest absolute Gasteiger partial charge is 0.337 e. The highest BCUT2D eigenvalue weighted by Crippen LogP contribution is 2.12. The third-order valence-electron chi connectivity index (χ3n) is 1.91. The summed E-state index contributed by atoms with van der Waals surface area (Å²) in [6.07, 6.45) is 0. The van der Waals surface area contributed by atoms with Gasteiger partial charge in [0, 0.05) is 5.69 Å². The minimum Gasteiger partial charge on any atom is -0.465 e. The second kappa shape index (κ2) is 5.51. The van der Waals surface area contributed by atoms with Gasteiger partial charge in [-0.25, -0.2) is 4.79 Å². The summed E-state index contributed by atoms with van der Waals surface area (Å²) in [5, 5.41) is 1.96. The number of alkyl halides is 1. The van der Waals surface area contributed by atoms with Crippen LogP contribution in [0.1, 0.15) is 17.3 Å². The molecule has 86 valence electrons. The summed E-state index contributed by atoms with van der Waals surface area (Å²) < 4.78 is 4.57. The number of carbonyl (C=O) groups is 2. The lowest BCUT2D eigenvalue weighted by Crippen LogP contribution is -2.20. The highest BCUT2D eigenvalue weighted by molar-refractivity contribution is 6.32. The summed E-state index contributed by atoms with van der Waals surface area (Å²) in [4.78, 5) is 22.5. The molecule has 1 atom stereocenters. The van der Waals surface area contributed by atoms with Crippen LogP contribution in [0.4, 0.5) is 5.69 Å². The van der Waals surface area contributed by atoms with Crippen molar-refractivity contribution in [3.05, 3.63) is 29.8 Å². The van der Waals surface area contributed by atoms with Crippen molar-refractivity contribution in [1.29, 1.82) is 0 Å². The molecule has 4 nitrogen and oxygen atoms in total. The lowest BCUT2D eigenvalue weighted by atomic mass is 10.2. The van der Waals surface area contributed by atoms with E-state index in [4.69, 9.17) is 11.6 Å². The molecule has 0 aliphatic heterocycles. The van der Waals surface area contributed by atoms with E-state index in [0.717, 1.165) is 0 Å². The first-order valence-corrected chi connectivity index (χ1v) is 5.11. The maximum absolute atomic E-state index is 11.3. The minimum atomic E-state index is -0.623. The SMILES string of the molecule is COC(=O)c1cccc(NC(=O)C(C)Cl)c1. The Labute approximate surface area is 98.5 Å². The van der Waals surface area contributed by atoms with Crippen molar-refractivity contribution in [2.45, 2.75) is 12.3 Å². The number of hydrogen-bond acceptors (Lipinski definition) is 3. The first-order chi connectivity index (χ1) is 7.54. The first kappa shape index (κ1) is 12.5. The molecule has 0 saturated heterocycles. The highest BCUT2D eigenvalue weighted by atomic mass is 35.5. The van der Waals surface area contributed by atoms with Crippen molar-refractivity contribution in [1.82, 2.24) is 0 Å². The molecule has 16 heavy (non-hydrogen) atoms. The van der Waals surface area contributed by atoms with Gasteiger partial charge in [-0.05, 0) is 25.1 Å². The van der Waals surface area contributed by atoms with Crippen LogP contribution in [0.25, 0.3) is 0 Å². The number of methoxy groups -OCH3 is 1. The lowest BCUT2D eigenvalue weighted by Gasteiger charge is -2.07. The summed E-state index contributed by atoms with van der Waals surface area (Å²) >= 11 is 5.60. The summed E-state index contributed by atoms with van der Waals surface area (Å²) in [5.41, 5.74) is 0.892. The predicted molar refractivity (Wildman–Crippen MR) is 61.7 cm³/mol. The summed E-state index contributed by atoms with van der Waals surface area (Å²) in [6.45, 7) is 1.57. The van der Waals surface area contributed by atoms with Crippen LogP contribution in [-0.4, -0.2) is 24.4 Å². The van der Waals surface area contributed by atoms with E-state index in [9.17, 15) is 9.59 Å². The van der Waals surface area contributed by atoms with E-state index in [1.165, 1.54) is 13.2 Å². The van der Waals surface area contributed by atoms with Gasteiger partial charge in [0.1, 0.15) is 5.38 Å². The number of amides is 1. The molecular formula is C11H12ClNO3. The summed E-state index contributed by atoms with van der Waals surface area (Å²) in [5.74, 6) is -0.765. The molecule has 0 heterocycles. The van der Waals surface area contributed by atoms with Gasteiger partial charge in [0.2, 0.25) is 5.91 Å². The quantitative estimate of drug-likeness (QED) is 0.651. The largest absolute Gasteiger partial charge is 0.465 e. The van der Waals surface area contributed by atoms with Gasteiger partial charge in [-0.3, -0.25) is 4.79 Å². The number of hydrogen-bond donors (Lipinski definition) is 1. The highest BCUT2D eigenvalue weighted by Gasteiger charge is 2.10. The van der Waals surface area contributed by atoms with Crippen LogP contribution >= 0.6 is 11.6 Å². The number of benzene rings is 1. The molecule has 1 rings (SSSR count). The van der Waals surface area contributed by atoms with Crippen molar-refractivity contribution in [2.24, 2.45) is 0 Å². The van der Waals surface area contributed by atoms with E-state index in [2.05, 4.69) is 10.1 Å². The fourth-order valence-electron chi connectivity index (χ4n) is 1.08. The average Bonchev–Trinajstić information content (AvgIpc) is 2.28. The standard InChI is InChI=1S/C11H12ClNO3/c1-7(12)10(14)13-9-5-3-4-8(6-9)11(15)16-2/h3-7H,1-2H3,(H,13,14). The van der Waals surface area contributed by atoms with Gasteiger partial charge >= 0.3 is 5.97 Å². The van der Waals surface area contributed by atoms with E-state index in [-0.39, 0.29) is 5.91 Å². The Hall–Kier alpha value is -1.55. The molecule has 1 N–H and O–H groups in total. The molecule has 1 aromatic carbocycles. The molecule has 1 unspecified atom stereocenters. The first-order valence-electron chi connectivity index (χ1n) is 4.68. The van der Waals surface area contributed by atoms with Crippen molar-refractivity contribution in [3.8, 4) is 0 Å². The Balaban J connectivity index is 2.83. The van der Waals surface area contributed by atoms with E-state index in [1.54, 1.807) is 25.1 Å². The second-order valence-corrected chi connectivity index (χ2v) is 3.83. The third-order valence-corrected chi connectivity index (χ3v) is 2.11. The molecule has 1 aromatic rings. The van der Waals surface area contributed by atoms with E-state index >= 15 is 0 Å². The van der Waals surface area contributed by atoms with Gasteiger partial charge in [-0.1, -0.05) is 6.07 Å².